The summed E-state index contributed by atoms with van der Waals surface area (Å²) < 4.78 is 10.8. The molecule has 0 aliphatic carbocycles. The second-order valence-electron chi connectivity index (χ2n) is 5.47. The zero-order valence-corrected chi connectivity index (χ0v) is 12.5. The second-order valence-corrected chi connectivity index (χ2v) is 5.47. The molecule has 120 valence electrons. The predicted molar refractivity (Wildman–Crippen MR) is 76.6 cm³/mol. The van der Waals surface area contributed by atoms with Gasteiger partial charge in [0.15, 0.2) is 0 Å². The normalized spacial score (nSPS) is 27.4. The van der Waals surface area contributed by atoms with E-state index in [4.69, 9.17) is 15.2 Å². The van der Waals surface area contributed by atoms with Crippen molar-refractivity contribution in [3.05, 3.63) is 0 Å². The Morgan fingerprint density at radius 2 is 2.05 bits per heavy atom. The molecular formula is C14H25N3O4. The Kier molecular flexibility index (Phi) is 5.96. The highest BCUT2D eigenvalue weighted by molar-refractivity contribution is 5.89. The van der Waals surface area contributed by atoms with Crippen LogP contribution in [-0.2, 0) is 19.1 Å². The molecule has 7 heteroatoms. The minimum Gasteiger partial charge on any atom is -0.378 e. The average molecular weight is 299 g/mol. The van der Waals surface area contributed by atoms with Crippen molar-refractivity contribution in [3.63, 3.8) is 0 Å². The van der Waals surface area contributed by atoms with Crippen LogP contribution in [0.1, 0.15) is 26.2 Å². The second kappa shape index (κ2) is 7.72. The van der Waals surface area contributed by atoms with Crippen LogP contribution in [0.4, 0.5) is 0 Å². The maximum atomic E-state index is 12.4. The lowest BCUT2D eigenvalue weighted by Crippen LogP contribution is -2.53. The van der Waals surface area contributed by atoms with Crippen LogP contribution in [0.2, 0.25) is 0 Å². The van der Waals surface area contributed by atoms with E-state index in [2.05, 4.69) is 5.32 Å². The van der Waals surface area contributed by atoms with Crippen molar-refractivity contribution in [2.45, 2.75) is 44.4 Å². The van der Waals surface area contributed by atoms with Gasteiger partial charge < -0.3 is 25.4 Å². The predicted octanol–water partition coefficient (Wildman–Crippen LogP) is -0.754. The first-order chi connectivity index (χ1) is 10.2. The maximum Gasteiger partial charge on any atom is 0.249 e. The van der Waals surface area contributed by atoms with E-state index < -0.39 is 12.1 Å². The number of rotatable bonds is 5. The molecule has 0 radical (unpaired) electrons. The topological polar surface area (TPSA) is 93.9 Å². The Labute approximate surface area is 125 Å². The van der Waals surface area contributed by atoms with E-state index in [0.29, 0.717) is 45.7 Å². The molecule has 2 amide bonds. The van der Waals surface area contributed by atoms with Gasteiger partial charge in [0.05, 0.1) is 19.3 Å². The molecule has 2 fully saturated rings. The summed E-state index contributed by atoms with van der Waals surface area (Å²) in [6.45, 7) is 4.59. The van der Waals surface area contributed by atoms with Gasteiger partial charge in [-0.05, 0) is 19.3 Å². The maximum absolute atomic E-state index is 12.4. The van der Waals surface area contributed by atoms with Crippen LogP contribution in [0.5, 0.6) is 0 Å². The molecule has 2 aliphatic heterocycles. The quantitative estimate of drug-likeness (QED) is 0.696. The van der Waals surface area contributed by atoms with Gasteiger partial charge in [-0.3, -0.25) is 9.59 Å². The van der Waals surface area contributed by atoms with Gasteiger partial charge in [-0.25, -0.2) is 0 Å². The number of carbonyl (C=O) groups excluding carboxylic acids is 2. The van der Waals surface area contributed by atoms with Gasteiger partial charge in [0.25, 0.3) is 0 Å². The molecule has 2 rings (SSSR count). The van der Waals surface area contributed by atoms with E-state index in [-0.39, 0.29) is 17.9 Å². The number of nitrogens with zero attached hydrogens (tertiary/aromatic N) is 1. The molecule has 0 saturated carbocycles. The van der Waals surface area contributed by atoms with Gasteiger partial charge in [0, 0.05) is 19.6 Å². The third kappa shape index (κ3) is 4.15. The monoisotopic (exact) mass is 299 g/mol. The Balaban J connectivity index is 1.86. The van der Waals surface area contributed by atoms with Crippen molar-refractivity contribution in [3.8, 4) is 0 Å². The summed E-state index contributed by atoms with van der Waals surface area (Å²) in [5, 5.41) is 2.81. The minimum atomic E-state index is -0.490. The molecule has 1 unspecified atom stereocenters. The summed E-state index contributed by atoms with van der Waals surface area (Å²) in [6.07, 6.45) is 1.49. The van der Waals surface area contributed by atoms with Crippen LogP contribution < -0.4 is 11.1 Å². The Hall–Kier alpha value is -1.18. The lowest BCUT2D eigenvalue weighted by Gasteiger charge is -2.30. The molecule has 21 heavy (non-hydrogen) atoms. The van der Waals surface area contributed by atoms with Crippen LogP contribution in [0.25, 0.3) is 0 Å². The number of amides is 2. The lowest BCUT2D eigenvalue weighted by atomic mass is 10.1. The standard InChI is InChI=1S/C14H25N3O4/c1-2-11(14(19)17-5-7-20-8-6-17)16-13(18)12-4-3-10(9-15)21-12/h10-12H,2-9,15H2,1H3,(H,16,18)/t10-,11?,12+/m1/s1. The summed E-state index contributed by atoms with van der Waals surface area (Å²) in [5.74, 6) is -0.248. The number of carbonyl (C=O) groups is 2. The average Bonchev–Trinajstić information content (AvgIpc) is 3.01. The summed E-state index contributed by atoms with van der Waals surface area (Å²) in [4.78, 5) is 26.3. The molecule has 2 aliphatic rings. The van der Waals surface area contributed by atoms with Crippen LogP contribution in [-0.4, -0.2) is 67.8 Å². The van der Waals surface area contributed by atoms with Crippen molar-refractivity contribution in [2.24, 2.45) is 5.73 Å². The van der Waals surface area contributed by atoms with E-state index in [9.17, 15) is 9.59 Å². The molecule has 0 aromatic heterocycles. The van der Waals surface area contributed by atoms with Crippen molar-refractivity contribution < 1.29 is 19.1 Å². The Bertz CT molecular complexity index is 371. The molecule has 3 N–H and O–H groups in total. The van der Waals surface area contributed by atoms with Gasteiger partial charge in [-0.1, -0.05) is 6.92 Å². The molecule has 0 aromatic carbocycles. The number of nitrogens with two attached hydrogens (primary N) is 1. The lowest BCUT2D eigenvalue weighted by molar-refractivity contribution is -0.142. The van der Waals surface area contributed by atoms with Crippen LogP contribution in [0.3, 0.4) is 0 Å². The molecule has 3 atom stereocenters. The van der Waals surface area contributed by atoms with Gasteiger partial charge in [0.2, 0.25) is 11.8 Å². The molecule has 2 heterocycles. The van der Waals surface area contributed by atoms with Crippen molar-refractivity contribution >= 4 is 11.8 Å². The summed E-state index contributed by atoms with van der Waals surface area (Å²) in [7, 11) is 0. The van der Waals surface area contributed by atoms with E-state index in [1.54, 1.807) is 4.90 Å². The van der Waals surface area contributed by atoms with Gasteiger partial charge in [-0.15, -0.1) is 0 Å². The highest BCUT2D eigenvalue weighted by atomic mass is 16.5. The van der Waals surface area contributed by atoms with Crippen molar-refractivity contribution in [1.82, 2.24) is 10.2 Å². The van der Waals surface area contributed by atoms with E-state index in [0.717, 1.165) is 6.42 Å². The van der Waals surface area contributed by atoms with Gasteiger partial charge in [0.1, 0.15) is 12.1 Å². The highest BCUT2D eigenvalue weighted by Gasteiger charge is 2.33. The third-order valence-electron chi connectivity index (χ3n) is 4.01. The number of hydrogen-bond donors (Lipinski definition) is 2. The largest absolute Gasteiger partial charge is 0.378 e. The zero-order chi connectivity index (χ0) is 15.2. The smallest absolute Gasteiger partial charge is 0.249 e. The fourth-order valence-corrected chi connectivity index (χ4v) is 2.68. The van der Waals surface area contributed by atoms with Crippen LogP contribution in [0, 0.1) is 0 Å². The van der Waals surface area contributed by atoms with Crippen LogP contribution >= 0.6 is 0 Å². The molecule has 7 nitrogen and oxygen atoms in total. The van der Waals surface area contributed by atoms with E-state index >= 15 is 0 Å². The first kappa shape index (κ1) is 16.2. The third-order valence-corrected chi connectivity index (χ3v) is 4.01. The minimum absolute atomic E-state index is 0.0393. The first-order valence-corrected chi connectivity index (χ1v) is 7.68. The Morgan fingerprint density at radius 3 is 2.62 bits per heavy atom. The van der Waals surface area contributed by atoms with Crippen molar-refractivity contribution in [2.75, 3.05) is 32.8 Å². The Morgan fingerprint density at radius 1 is 1.33 bits per heavy atom. The van der Waals surface area contributed by atoms with E-state index in [1.165, 1.54) is 0 Å². The molecular weight excluding hydrogens is 274 g/mol. The van der Waals surface area contributed by atoms with Crippen LogP contribution in [0.15, 0.2) is 0 Å². The van der Waals surface area contributed by atoms with E-state index in [1.807, 2.05) is 6.92 Å². The van der Waals surface area contributed by atoms with Crippen molar-refractivity contribution in [1.29, 1.82) is 0 Å². The number of hydrogen-bond acceptors (Lipinski definition) is 5. The summed E-state index contributed by atoms with van der Waals surface area (Å²) in [5.41, 5.74) is 5.54. The summed E-state index contributed by atoms with van der Waals surface area (Å²) >= 11 is 0. The first-order valence-electron chi connectivity index (χ1n) is 7.68. The molecule has 0 spiro atoms. The van der Waals surface area contributed by atoms with Gasteiger partial charge >= 0.3 is 0 Å². The molecule has 0 bridgehead atoms. The fraction of sp³-hybridized carbons (Fsp3) is 0.857. The van der Waals surface area contributed by atoms with Gasteiger partial charge in [-0.2, -0.15) is 0 Å². The number of morpholine rings is 1. The molecule has 0 aromatic rings. The SMILES string of the molecule is CCC(NC(=O)[C@@H]1CC[C@H](CN)O1)C(=O)N1CCOCC1. The zero-order valence-electron chi connectivity index (χ0n) is 12.5. The fourth-order valence-electron chi connectivity index (χ4n) is 2.68. The molecule has 2 saturated heterocycles. The number of ether oxygens (including phenoxy) is 2. The summed E-state index contributed by atoms with van der Waals surface area (Å²) in [6, 6.07) is -0.490. The number of nitrogens with one attached hydrogen (secondary N) is 1. The highest BCUT2D eigenvalue weighted by Crippen LogP contribution is 2.19.